The second kappa shape index (κ2) is 6.43. The van der Waals surface area contributed by atoms with E-state index < -0.39 is 0 Å². The minimum Gasteiger partial charge on any atom is -0.368 e. The van der Waals surface area contributed by atoms with Gasteiger partial charge in [-0.1, -0.05) is 0 Å². The van der Waals surface area contributed by atoms with E-state index in [2.05, 4.69) is 9.97 Å². The van der Waals surface area contributed by atoms with Crippen LogP contribution in [0.2, 0.25) is 0 Å². The lowest BCUT2D eigenvalue weighted by atomic mass is 9.92. The maximum atomic E-state index is 12.7. The standard InChI is InChI=1S/C18H22N4O2/c1-12-20-16(14-6-2-8-19-17(14)21-12)13-5-3-9-22(11-13)18(23)15-7-4-10-24-15/h2,6,8,13,15H,3-5,7,9-11H2,1H3. The molecule has 24 heavy (non-hydrogen) atoms. The number of piperidine rings is 1. The fourth-order valence-electron chi connectivity index (χ4n) is 3.79. The van der Waals surface area contributed by atoms with E-state index in [1.165, 1.54) is 0 Å². The number of pyridine rings is 1. The van der Waals surface area contributed by atoms with Gasteiger partial charge in [-0.2, -0.15) is 0 Å². The minimum atomic E-state index is -0.241. The van der Waals surface area contributed by atoms with Crippen LogP contribution in [0.3, 0.4) is 0 Å². The van der Waals surface area contributed by atoms with Gasteiger partial charge >= 0.3 is 0 Å². The average Bonchev–Trinajstić information content (AvgIpc) is 3.15. The van der Waals surface area contributed by atoms with Gasteiger partial charge in [-0.25, -0.2) is 15.0 Å². The highest BCUT2D eigenvalue weighted by Gasteiger charge is 2.32. The van der Waals surface area contributed by atoms with Crippen molar-refractivity contribution in [2.75, 3.05) is 19.7 Å². The van der Waals surface area contributed by atoms with Crippen molar-refractivity contribution < 1.29 is 9.53 Å². The van der Waals surface area contributed by atoms with E-state index in [9.17, 15) is 4.79 Å². The van der Waals surface area contributed by atoms with Crippen LogP contribution in [0, 0.1) is 6.92 Å². The highest BCUT2D eigenvalue weighted by atomic mass is 16.5. The molecule has 2 aromatic heterocycles. The molecule has 2 aliphatic heterocycles. The number of carbonyl (C=O) groups excluding carboxylic acids is 1. The molecule has 2 unspecified atom stereocenters. The Labute approximate surface area is 141 Å². The maximum absolute atomic E-state index is 12.7. The van der Waals surface area contributed by atoms with E-state index >= 15 is 0 Å². The van der Waals surface area contributed by atoms with Gasteiger partial charge < -0.3 is 9.64 Å². The van der Waals surface area contributed by atoms with E-state index in [1.807, 2.05) is 24.0 Å². The van der Waals surface area contributed by atoms with Gasteiger partial charge in [-0.15, -0.1) is 0 Å². The zero-order valence-corrected chi connectivity index (χ0v) is 13.9. The Morgan fingerprint density at radius 1 is 1.29 bits per heavy atom. The number of hydrogen-bond acceptors (Lipinski definition) is 5. The van der Waals surface area contributed by atoms with Crippen molar-refractivity contribution in [2.24, 2.45) is 0 Å². The summed E-state index contributed by atoms with van der Waals surface area (Å²) in [7, 11) is 0. The predicted molar refractivity (Wildman–Crippen MR) is 89.6 cm³/mol. The first kappa shape index (κ1) is 15.4. The molecular formula is C18H22N4O2. The van der Waals surface area contributed by atoms with Crippen molar-refractivity contribution in [3.63, 3.8) is 0 Å². The molecule has 0 bridgehead atoms. The van der Waals surface area contributed by atoms with Crippen molar-refractivity contribution in [3.05, 3.63) is 29.8 Å². The Kier molecular flexibility index (Phi) is 4.14. The number of nitrogens with zero attached hydrogens (tertiary/aromatic N) is 4. The molecule has 1 amide bonds. The average molecular weight is 326 g/mol. The zero-order chi connectivity index (χ0) is 16.5. The molecule has 6 nitrogen and oxygen atoms in total. The number of aromatic nitrogens is 3. The van der Waals surface area contributed by atoms with Crippen molar-refractivity contribution in [1.82, 2.24) is 19.9 Å². The molecule has 2 fully saturated rings. The van der Waals surface area contributed by atoms with E-state index in [4.69, 9.17) is 9.72 Å². The summed E-state index contributed by atoms with van der Waals surface area (Å²) in [4.78, 5) is 28.1. The first-order valence-electron chi connectivity index (χ1n) is 8.72. The smallest absolute Gasteiger partial charge is 0.251 e. The molecule has 0 aromatic carbocycles. The third-order valence-electron chi connectivity index (χ3n) is 4.94. The second-order valence-electron chi connectivity index (χ2n) is 6.66. The third-order valence-corrected chi connectivity index (χ3v) is 4.94. The van der Waals surface area contributed by atoms with Crippen LogP contribution in [0.5, 0.6) is 0 Å². The van der Waals surface area contributed by atoms with Crippen LogP contribution in [0.4, 0.5) is 0 Å². The quantitative estimate of drug-likeness (QED) is 0.846. The Bertz CT molecular complexity index is 758. The SMILES string of the molecule is Cc1nc(C2CCCN(C(=O)C3CCCO3)C2)c2cccnc2n1. The molecule has 2 aliphatic rings. The van der Waals surface area contributed by atoms with Crippen molar-refractivity contribution in [1.29, 1.82) is 0 Å². The van der Waals surface area contributed by atoms with Gasteiger partial charge in [0, 0.05) is 37.2 Å². The summed E-state index contributed by atoms with van der Waals surface area (Å²) in [6, 6.07) is 3.95. The molecule has 4 rings (SSSR count). The van der Waals surface area contributed by atoms with Crippen molar-refractivity contribution in [2.45, 2.75) is 44.6 Å². The minimum absolute atomic E-state index is 0.144. The summed E-state index contributed by atoms with van der Waals surface area (Å²) in [5.74, 6) is 1.11. The number of ether oxygens (including phenoxy) is 1. The second-order valence-corrected chi connectivity index (χ2v) is 6.66. The summed E-state index contributed by atoms with van der Waals surface area (Å²) in [6.07, 6.45) is 5.37. The molecule has 2 atom stereocenters. The Morgan fingerprint density at radius 3 is 3.04 bits per heavy atom. The third kappa shape index (κ3) is 2.86. The number of amides is 1. The summed E-state index contributed by atoms with van der Waals surface area (Å²) >= 11 is 0. The first-order valence-corrected chi connectivity index (χ1v) is 8.72. The molecule has 6 heteroatoms. The number of hydrogen-bond donors (Lipinski definition) is 0. The monoisotopic (exact) mass is 326 g/mol. The van der Waals surface area contributed by atoms with Gasteiger partial charge in [0.1, 0.15) is 11.9 Å². The Morgan fingerprint density at radius 2 is 2.21 bits per heavy atom. The molecule has 126 valence electrons. The first-order chi connectivity index (χ1) is 11.7. The maximum Gasteiger partial charge on any atom is 0.251 e. The molecule has 0 spiro atoms. The number of aryl methyl sites for hydroxylation is 1. The highest BCUT2D eigenvalue weighted by Crippen LogP contribution is 2.30. The van der Waals surface area contributed by atoms with Crippen LogP contribution < -0.4 is 0 Å². The van der Waals surface area contributed by atoms with Gasteiger partial charge in [0.05, 0.1) is 5.69 Å². The van der Waals surface area contributed by atoms with E-state index in [0.717, 1.165) is 54.8 Å². The number of fused-ring (bicyclic) bond motifs is 1. The zero-order valence-electron chi connectivity index (χ0n) is 13.9. The summed E-state index contributed by atoms with van der Waals surface area (Å²) < 4.78 is 5.57. The number of likely N-dealkylation sites (tertiary alicyclic amines) is 1. The molecule has 0 aliphatic carbocycles. The molecule has 0 saturated carbocycles. The van der Waals surface area contributed by atoms with Gasteiger partial charge in [-0.3, -0.25) is 4.79 Å². The van der Waals surface area contributed by atoms with Crippen molar-refractivity contribution >= 4 is 16.9 Å². The molecule has 2 saturated heterocycles. The lowest BCUT2D eigenvalue weighted by molar-refractivity contribution is -0.142. The fourth-order valence-corrected chi connectivity index (χ4v) is 3.79. The Balaban J connectivity index is 1.61. The van der Waals surface area contributed by atoms with E-state index in [-0.39, 0.29) is 17.9 Å². The van der Waals surface area contributed by atoms with Crippen LogP contribution in [-0.2, 0) is 9.53 Å². The predicted octanol–water partition coefficient (Wildman–Crippen LogP) is 2.22. The molecule has 2 aromatic rings. The summed E-state index contributed by atoms with van der Waals surface area (Å²) in [6.45, 7) is 4.12. The molecular weight excluding hydrogens is 304 g/mol. The van der Waals surface area contributed by atoms with Crippen LogP contribution in [0.15, 0.2) is 18.3 Å². The number of carbonyl (C=O) groups is 1. The summed E-state index contributed by atoms with van der Waals surface area (Å²) in [5, 5.41) is 1.000. The fraction of sp³-hybridized carbons (Fsp3) is 0.556. The van der Waals surface area contributed by atoms with Gasteiger partial charge in [0.2, 0.25) is 0 Å². The normalized spacial score (nSPS) is 24.5. The topological polar surface area (TPSA) is 68.2 Å². The summed E-state index contributed by atoms with van der Waals surface area (Å²) in [5.41, 5.74) is 1.76. The molecule has 4 heterocycles. The van der Waals surface area contributed by atoms with Crippen LogP contribution >= 0.6 is 0 Å². The van der Waals surface area contributed by atoms with Gasteiger partial charge in [-0.05, 0) is 44.7 Å². The van der Waals surface area contributed by atoms with Crippen LogP contribution in [0.25, 0.3) is 11.0 Å². The lowest BCUT2D eigenvalue weighted by Crippen LogP contribution is -2.44. The van der Waals surface area contributed by atoms with Gasteiger partial charge in [0.15, 0.2) is 5.65 Å². The van der Waals surface area contributed by atoms with E-state index in [1.54, 1.807) is 6.20 Å². The van der Waals surface area contributed by atoms with Gasteiger partial charge in [0.25, 0.3) is 5.91 Å². The Hall–Kier alpha value is -2.08. The highest BCUT2D eigenvalue weighted by molar-refractivity contribution is 5.82. The number of rotatable bonds is 2. The molecule has 0 N–H and O–H groups in total. The largest absolute Gasteiger partial charge is 0.368 e. The molecule has 0 radical (unpaired) electrons. The van der Waals surface area contributed by atoms with Crippen LogP contribution in [0.1, 0.15) is 43.1 Å². The lowest BCUT2D eigenvalue weighted by Gasteiger charge is -2.34. The van der Waals surface area contributed by atoms with Crippen LogP contribution in [-0.4, -0.2) is 51.6 Å². The van der Waals surface area contributed by atoms with Crippen molar-refractivity contribution in [3.8, 4) is 0 Å². The van der Waals surface area contributed by atoms with E-state index in [0.29, 0.717) is 13.2 Å².